The Morgan fingerprint density at radius 3 is 1.86 bits per heavy atom. The molecule has 2 aromatic carbocycles. The molecule has 0 bridgehead atoms. The van der Waals surface area contributed by atoms with E-state index in [2.05, 4.69) is 29.6 Å². The second kappa shape index (κ2) is 6.08. The summed E-state index contributed by atoms with van der Waals surface area (Å²) in [4.78, 5) is 0. The number of hydrogen-bond acceptors (Lipinski definition) is 3. The van der Waals surface area contributed by atoms with Gasteiger partial charge in [-0.2, -0.15) is 0 Å². The van der Waals surface area contributed by atoms with Gasteiger partial charge in [0, 0.05) is 11.7 Å². The lowest BCUT2D eigenvalue weighted by atomic mass is 9.76. The second-order valence-electron chi connectivity index (χ2n) is 5.51. The minimum atomic E-state index is 0.561. The van der Waals surface area contributed by atoms with Gasteiger partial charge in [0.05, 0.1) is 14.2 Å². The third-order valence-corrected chi connectivity index (χ3v) is 4.19. The summed E-state index contributed by atoms with van der Waals surface area (Å²) in [7, 11) is 3.39. The highest BCUT2D eigenvalue weighted by atomic mass is 16.5. The predicted octanol–water partition coefficient (Wildman–Crippen LogP) is 4.06. The van der Waals surface area contributed by atoms with E-state index in [1.165, 1.54) is 18.4 Å². The van der Waals surface area contributed by atoms with Gasteiger partial charge in [0.25, 0.3) is 0 Å². The molecule has 0 unspecified atom stereocenters. The monoisotopic (exact) mass is 283 g/mol. The van der Waals surface area contributed by atoms with Crippen LogP contribution in [-0.4, -0.2) is 20.3 Å². The Labute approximate surface area is 125 Å². The molecule has 0 saturated heterocycles. The molecule has 0 radical (unpaired) electrons. The maximum atomic E-state index is 5.20. The van der Waals surface area contributed by atoms with E-state index in [0.717, 1.165) is 17.2 Å². The van der Waals surface area contributed by atoms with Gasteiger partial charge in [-0.05, 0) is 60.7 Å². The largest absolute Gasteiger partial charge is 0.497 e. The topological polar surface area (TPSA) is 30.5 Å². The Morgan fingerprint density at radius 2 is 1.33 bits per heavy atom. The molecule has 0 amide bonds. The summed E-state index contributed by atoms with van der Waals surface area (Å²) in [5.74, 6) is 2.47. The van der Waals surface area contributed by atoms with E-state index in [0.29, 0.717) is 12.0 Å². The molecule has 0 heterocycles. The van der Waals surface area contributed by atoms with Crippen molar-refractivity contribution in [2.45, 2.75) is 24.8 Å². The third kappa shape index (κ3) is 3.13. The SMILES string of the molecule is COc1ccc(NC2CC(c3ccc(OC)cc3)C2)cc1. The van der Waals surface area contributed by atoms with Crippen molar-refractivity contribution in [2.75, 3.05) is 19.5 Å². The number of nitrogens with one attached hydrogen (secondary N) is 1. The predicted molar refractivity (Wildman–Crippen MR) is 85.4 cm³/mol. The molecule has 110 valence electrons. The van der Waals surface area contributed by atoms with Gasteiger partial charge in [0.15, 0.2) is 0 Å². The summed E-state index contributed by atoms with van der Waals surface area (Å²) in [5.41, 5.74) is 2.57. The van der Waals surface area contributed by atoms with Crippen LogP contribution in [0.15, 0.2) is 48.5 Å². The zero-order chi connectivity index (χ0) is 14.7. The fourth-order valence-corrected chi connectivity index (χ4v) is 2.81. The van der Waals surface area contributed by atoms with Crippen molar-refractivity contribution in [3.05, 3.63) is 54.1 Å². The molecule has 0 aliphatic heterocycles. The third-order valence-electron chi connectivity index (χ3n) is 4.19. The van der Waals surface area contributed by atoms with Crippen molar-refractivity contribution < 1.29 is 9.47 Å². The number of rotatable bonds is 5. The Bertz CT molecular complexity index is 571. The van der Waals surface area contributed by atoms with E-state index in [9.17, 15) is 0 Å². The van der Waals surface area contributed by atoms with Gasteiger partial charge in [-0.25, -0.2) is 0 Å². The highest BCUT2D eigenvalue weighted by molar-refractivity contribution is 5.48. The standard InChI is InChI=1S/C18H21NO2/c1-20-17-7-3-13(4-8-17)14-11-16(12-14)19-15-5-9-18(21-2)10-6-15/h3-10,14,16,19H,11-12H2,1-2H3. The van der Waals surface area contributed by atoms with Crippen LogP contribution >= 0.6 is 0 Å². The van der Waals surface area contributed by atoms with Crippen molar-refractivity contribution in [3.63, 3.8) is 0 Å². The quantitative estimate of drug-likeness (QED) is 0.897. The van der Waals surface area contributed by atoms with Crippen LogP contribution in [0.25, 0.3) is 0 Å². The lowest BCUT2D eigenvalue weighted by Crippen LogP contribution is -2.33. The van der Waals surface area contributed by atoms with Crippen LogP contribution in [0.1, 0.15) is 24.3 Å². The van der Waals surface area contributed by atoms with Crippen LogP contribution in [-0.2, 0) is 0 Å². The Hall–Kier alpha value is -2.16. The number of hydrogen-bond donors (Lipinski definition) is 1. The number of methoxy groups -OCH3 is 2. The summed E-state index contributed by atoms with van der Waals surface area (Å²) in [6.45, 7) is 0. The molecular formula is C18H21NO2. The highest BCUT2D eigenvalue weighted by Crippen LogP contribution is 2.39. The molecule has 3 heteroatoms. The molecular weight excluding hydrogens is 262 g/mol. The summed E-state index contributed by atoms with van der Waals surface area (Å²) in [6, 6.07) is 17.1. The van der Waals surface area contributed by atoms with Crippen LogP contribution in [0.5, 0.6) is 11.5 Å². The van der Waals surface area contributed by atoms with E-state index >= 15 is 0 Å². The molecule has 1 aliphatic carbocycles. The molecule has 21 heavy (non-hydrogen) atoms. The van der Waals surface area contributed by atoms with Gasteiger partial charge >= 0.3 is 0 Å². The maximum absolute atomic E-state index is 5.20. The molecule has 1 fully saturated rings. The summed E-state index contributed by atoms with van der Waals surface area (Å²) in [6.07, 6.45) is 2.36. The van der Waals surface area contributed by atoms with Crippen molar-refractivity contribution in [1.29, 1.82) is 0 Å². The summed E-state index contributed by atoms with van der Waals surface area (Å²) < 4.78 is 10.4. The molecule has 3 nitrogen and oxygen atoms in total. The lowest BCUT2D eigenvalue weighted by molar-refractivity contribution is 0.373. The molecule has 3 rings (SSSR count). The van der Waals surface area contributed by atoms with E-state index in [1.807, 2.05) is 24.3 Å². The highest BCUT2D eigenvalue weighted by Gasteiger charge is 2.30. The normalized spacial score (nSPS) is 20.5. The van der Waals surface area contributed by atoms with E-state index in [-0.39, 0.29) is 0 Å². The van der Waals surface area contributed by atoms with Crippen LogP contribution < -0.4 is 14.8 Å². The molecule has 2 aromatic rings. The summed E-state index contributed by atoms with van der Waals surface area (Å²) in [5, 5.41) is 3.57. The van der Waals surface area contributed by atoms with E-state index in [1.54, 1.807) is 14.2 Å². The van der Waals surface area contributed by atoms with Crippen LogP contribution in [0.3, 0.4) is 0 Å². The van der Waals surface area contributed by atoms with Gasteiger partial charge in [-0.15, -0.1) is 0 Å². The first-order valence-electron chi connectivity index (χ1n) is 7.33. The fraction of sp³-hybridized carbons (Fsp3) is 0.333. The lowest BCUT2D eigenvalue weighted by Gasteiger charge is -2.37. The van der Waals surface area contributed by atoms with Gasteiger partial charge in [-0.3, -0.25) is 0 Å². The van der Waals surface area contributed by atoms with Crippen LogP contribution in [0.2, 0.25) is 0 Å². The van der Waals surface area contributed by atoms with Gasteiger partial charge in [0.1, 0.15) is 11.5 Å². The van der Waals surface area contributed by atoms with Crippen molar-refractivity contribution in [2.24, 2.45) is 0 Å². The van der Waals surface area contributed by atoms with Crippen molar-refractivity contribution in [3.8, 4) is 11.5 Å². The first kappa shape index (κ1) is 13.8. The number of anilines is 1. The summed E-state index contributed by atoms with van der Waals surface area (Å²) >= 11 is 0. The molecule has 0 atom stereocenters. The van der Waals surface area contributed by atoms with E-state index in [4.69, 9.17) is 9.47 Å². The Morgan fingerprint density at radius 1 is 0.810 bits per heavy atom. The van der Waals surface area contributed by atoms with E-state index < -0.39 is 0 Å². The smallest absolute Gasteiger partial charge is 0.119 e. The fourth-order valence-electron chi connectivity index (χ4n) is 2.81. The number of ether oxygens (including phenoxy) is 2. The average molecular weight is 283 g/mol. The Balaban J connectivity index is 1.52. The Kier molecular flexibility index (Phi) is 4.00. The van der Waals surface area contributed by atoms with Gasteiger partial charge in [-0.1, -0.05) is 12.1 Å². The molecule has 1 N–H and O–H groups in total. The zero-order valence-electron chi connectivity index (χ0n) is 12.5. The maximum Gasteiger partial charge on any atom is 0.119 e. The first-order chi connectivity index (χ1) is 10.3. The van der Waals surface area contributed by atoms with Gasteiger partial charge in [0.2, 0.25) is 0 Å². The average Bonchev–Trinajstić information content (AvgIpc) is 2.51. The van der Waals surface area contributed by atoms with Crippen LogP contribution in [0, 0.1) is 0 Å². The van der Waals surface area contributed by atoms with Crippen LogP contribution in [0.4, 0.5) is 5.69 Å². The molecule has 0 spiro atoms. The minimum absolute atomic E-state index is 0.561. The number of benzene rings is 2. The minimum Gasteiger partial charge on any atom is -0.497 e. The van der Waals surface area contributed by atoms with Crippen molar-refractivity contribution >= 4 is 5.69 Å². The molecule has 1 aliphatic rings. The molecule has 0 aromatic heterocycles. The molecule has 1 saturated carbocycles. The second-order valence-corrected chi connectivity index (χ2v) is 5.51. The van der Waals surface area contributed by atoms with Gasteiger partial charge < -0.3 is 14.8 Å². The first-order valence-corrected chi connectivity index (χ1v) is 7.33. The zero-order valence-corrected chi connectivity index (χ0v) is 12.5. The van der Waals surface area contributed by atoms with Crippen molar-refractivity contribution in [1.82, 2.24) is 0 Å².